The molecule has 13 rings (SSSR count). The van der Waals surface area contributed by atoms with E-state index in [1.807, 2.05) is 24.3 Å². The largest absolute Gasteiger partial charge is 0.456 e. The molecule has 2 aliphatic carbocycles. The maximum Gasteiger partial charge on any atom is 0.172 e. The Morgan fingerprint density at radius 2 is 0.864 bits per heavy atom. The monoisotopic (exact) mass is 755 g/mol. The Morgan fingerprint density at radius 1 is 0.322 bits per heavy atom. The van der Waals surface area contributed by atoms with Crippen molar-refractivity contribution in [1.29, 1.82) is 0 Å². The second-order valence-electron chi connectivity index (χ2n) is 15.6. The molecule has 276 valence electrons. The first kappa shape index (κ1) is 32.3. The van der Waals surface area contributed by atoms with Crippen LogP contribution in [0.4, 0.5) is 17.1 Å². The van der Waals surface area contributed by atoms with E-state index in [1.165, 1.54) is 44.5 Å². The predicted molar refractivity (Wildman–Crippen MR) is 237 cm³/mol. The maximum atomic E-state index is 6.92. The molecule has 9 aromatic carbocycles. The van der Waals surface area contributed by atoms with Crippen LogP contribution in [0.15, 0.2) is 205 Å². The lowest BCUT2D eigenvalue weighted by atomic mass is 9.70. The lowest BCUT2D eigenvalue weighted by molar-refractivity contribution is 0.359. The minimum absolute atomic E-state index is 0.464. The summed E-state index contributed by atoms with van der Waals surface area (Å²) < 4.78 is 19.7. The molecule has 0 unspecified atom stereocenters. The highest BCUT2D eigenvalue weighted by Crippen LogP contribution is 2.64. The first-order valence-electron chi connectivity index (χ1n) is 20.1. The van der Waals surface area contributed by atoms with Gasteiger partial charge in [0.1, 0.15) is 11.2 Å². The normalized spacial score (nSPS) is 13.5. The SMILES string of the molecule is c1ccc(N(c2ccc(-c3ccc4oc5ccccc5c4c3)cc2)c2ccc3c(c2)Oc2cc4c(cc2O3)-c2ccccc2C42c3ccccc3-c3ccccc32)cc1. The number of rotatable bonds is 4. The molecule has 0 N–H and O–H groups in total. The molecule has 0 fully saturated rings. The zero-order chi connectivity index (χ0) is 38.7. The van der Waals surface area contributed by atoms with Crippen LogP contribution in [-0.2, 0) is 5.41 Å². The van der Waals surface area contributed by atoms with Gasteiger partial charge in [-0.05, 0) is 122 Å². The van der Waals surface area contributed by atoms with Gasteiger partial charge in [0.2, 0.25) is 0 Å². The lowest BCUT2D eigenvalue weighted by Gasteiger charge is -2.31. The van der Waals surface area contributed by atoms with Gasteiger partial charge >= 0.3 is 0 Å². The van der Waals surface area contributed by atoms with Gasteiger partial charge in [-0.2, -0.15) is 0 Å². The number of furan rings is 1. The van der Waals surface area contributed by atoms with E-state index in [2.05, 4.69) is 181 Å². The first-order chi connectivity index (χ1) is 29.2. The third-order valence-electron chi connectivity index (χ3n) is 12.5. The Hall–Kier alpha value is -7.82. The van der Waals surface area contributed by atoms with Crippen LogP contribution in [0.2, 0.25) is 0 Å². The molecule has 0 saturated heterocycles. The summed E-state index contributed by atoms with van der Waals surface area (Å²) in [6.07, 6.45) is 0. The highest BCUT2D eigenvalue weighted by atomic mass is 16.6. The highest BCUT2D eigenvalue weighted by Gasteiger charge is 2.52. The number of ether oxygens (including phenoxy) is 2. The summed E-state index contributed by atoms with van der Waals surface area (Å²) in [6, 6.07) is 71.0. The van der Waals surface area contributed by atoms with E-state index < -0.39 is 5.41 Å². The molecule has 0 radical (unpaired) electrons. The molecule has 10 aromatic rings. The van der Waals surface area contributed by atoms with Crippen LogP contribution in [0, 0.1) is 0 Å². The van der Waals surface area contributed by atoms with Crippen molar-refractivity contribution in [3.8, 4) is 56.4 Å². The number of anilines is 3. The minimum atomic E-state index is -0.464. The summed E-state index contributed by atoms with van der Waals surface area (Å²) in [5.41, 5.74) is 16.7. The van der Waals surface area contributed by atoms with E-state index in [9.17, 15) is 0 Å². The predicted octanol–water partition coefficient (Wildman–Crippen LogP) is 15.0. The van der Waals surface area contributed by atoms with Gasteiger partial charge in [0.05, 0.1) is 11.1 Å². The molecule has 1 spiro atoms. The average Bonchev–Trinajstić information content (AvgIpc) is 3.92. The van der Waals surface area contributed by atoms with Gasteiger partial charge in [0.25, 0.3) is 0 Å². The van der Waals surface area contributed by atoms with Crippen LogP contribution in [-0.4, -0.2) is 0 Å². The molecule has 0 atom stereocenters. The van der Waals surface area contributed by atoms with Crippen molar-refractivity contribution in [1.82, 2.24) is 0 Å². The molecule has 2 heterocycles. The van der Waals surface area contributed by atoms with Gasteiger partial charge in [0, 0.05) is 28.2 Å². The van der Waals surface area contributed by atoms with Gasteiger partial charge in [0.15, 0.2) is 23.0 Å². The van der Waals surface area contributed by atoms with Gasteiger partial charge in [-0.15, -0.1) is 0 Å². The summed E-state index contributed by atoms with van der Waals surface area (Å²) in [6.45, 7) is 0. The van der Waals surface area contributed by atoms with Crippen molar-refractivity contribution in [2.24, 2.45) is 0 Å². The second kappa shape index (κ2) is 12.1. The minimum Gasteiger partial charge on any atom is -0.456 e. The molecule has 0 amide bonds. The fraction of sp³-hybridized carbons (Fsp3) is 0.0182. The molecule has 0 bridgehead atoms. The fourth-order valence-corrected chi connectivity index (χ4v) is 10.0. The van der Waals surface area contributed by atoms with Crippen molar-refractivity contribution >= 4 is 39.0 Å². The van der Waals surface area contributed by atoms with Crippen molar-refractivity contribution in [2.75, 3.05) is 4.90 Å². The van der Waals surface area contributed by atoms with Gasteiger partial charge in [-0.1, -0.05) is 127 Å². The maximum absolute atomic E-state index is 6.92. The number of hydrogen-bond donors (Lipinski definition) is 0. The Morgan fingerprint density at radius 3 is 1.61 bits per heavy atom. The van der Waals surface area contributed by atoms with Crippen LogP contribution < -0.4 is 14.4 Å². The quantitative estimate of drug-likeness (QED) is 0.179. The number of benzene rings is 9. The summed E-state index contributed by atoms with van der Waals surface area (Å²) in [4.78, 5) is 2.26. The third-order valence-corrected chi connectivity index (χ3v) is 12.5. The van der Waals surface area contributed by atoms with Crippen LogP contribution in [0.1, 0.15) is 22.3 Å². The number of hydrogen-bond acceptors (Lipinski definition) is 4. The van der Waals surface area contributed by atoms with E-state index in [1.54, 1.807) is 0 Å². The molecule has 0 saturated carbocycles. The van der Waals surface area contributed by atoms with Crippen molar-refractivity contribution in [3.05, 3.63) is 222 Å². The lowest BCUT2D eigenvalue weighted by Crippen LogP contribution is -2.25. The summed E-state index contributed by atoms with van der Waals surface area (Å²) in [5.74, 6) is 2.78. The standard InChI is InChI=1S/C55H33NO3/c1-2-12-36(13-3-1)56(37-25-22-34(23-26-37)35-24-28-50-44(30-35)42-17-7-11-21-49(42)57-50)38-27-29-51-52(31-38)59-54-33-48-43(32-53(54)58-51)41-16-6-10-20-47(41)55(48)45-18-8-4-14-39(45)40-15-5-9-19-46(40)55/h1-33H. The van der Waals surface area contributed by atoms with Gasteiger partial charge in [-0.25, -0.2) is 0 Å². The zero-order valence-electron chi connectivity index (χ0n) is 31.7. The summed E-state index contributed by atoms with van der Waals surface area (Å²) in [7, 11) is 0. The molecule has 3 aliphatic rings. The Balaban J connectivity index is 0.899. The average molecular weight is 756 g/mol. The van der Waals surface area contributed by atoms with Crippen LogP contribution in [0.25, 0.3) is 55.3 Å². The molecule has 1 aromatic heterocycles. The zero-order valence-corrected chi connectivity index (χ0v) is 31.7. The Kier molecular flexibility index (Phi) is 6.62. The molecule has 4 heteroatoms. The molecule has 59 heavy (non-hydrogen) atoms. The van der Waals surface area contributed by atoms with Crippen LogP contribution >= 0.6 is 0 Å². The van der Waals surface area contributed by atoms with Crippen molar-refractivity contribution < 1.29 is 13.9 Å². The van der Waals surface area contributed by atoms with Gasteiger partial charge < -0.3 is 18.8 Å². The van der Waals surface area contributed by atoms with Crippen LogP contribution in [0.5, 0.6) is 23.0 Å². The topological polar surface area (TPSA) is 34.8 Å². The van der Waals surface area contributed by atoms with E-state index in [0.717, 1.165) is 50.1 Å². The number of fused-ring (bicyclic) bond motifs is 15. The van der Waals surface area contributed by atoms with Crippen molar-refractivity contribution in [2.45, 2.75) is 5.41 Å². The second-order valence-corrected chi connectivity index (χ2v) is 15.6. The first-order valence-corrected chi connectivity index (χ1v) is 20.1. The molecular weight excluding hydrogens is 723 g/mol. The van der Waals surface area contributed by atoms with E-state index in [4.69, 9.17) is 13.9 Å². The fourth-order valence-electron chi connectivity index (χ4n) is 10.0. The smallest absolute Gasteiger partial charge is 0.172 e. The molecular formula is C55H33NO3. The van der Waals surface area contributed by atoms with Crippen molar-refractivity contribution in [3.63, 3.8) is 0 Å². The highest BCUT2D eigenvalue weighted by molar-refractivity contribution is 6.06. The third kappa shape index (κ3) is 4.54. The number of para-hydroxylation sites is 2. The Labute approximate surface area is 340 Å². The molecule has 4 nitrogen and oxygen atoms in total. The van der Waals surface area contributed by atoms with E-state index >= 15 is 0 Å². The number of nitrogens with zero attached hydrogens (tertiary/aromatic N) is 1. The summed E-state index contributed by atoms with van der Waals surface area (Å²) >= 11 is 0. The van der Waals surface area contributed by atoms with E-state index in [-0.39, 0.29) is 0 Å². The molecule has 1 aliphatic heterocycles. The van der Waals surface area contributed by atoms with E-state index in [0.29, 0.717) is 23.0 Å². The summed E-state index contributed by atoms with van der Waals surface area (Å²) in [5, 5.41) is 2.24. The van der Waals surface area contributed by atoms with Crippen LogP contribution in [0.3, 0.4) is 0 Å². The van der Waals surface area contributed by atoms with Gasteiger partial charge in [-0.3, -0.25) is 0 Å². The Bertz CT molecular complexity index is 3300.